The minimum atomic E-state index is -1.78. The van der Waals surface area contributed by atoms with Crippen LogP contribution in [0.4, 0.5) is 5.69 Å². The van der Waals surface area contributed by atoms with Crippen molar-refractivity contribution in [1.29, 1.82) is 5.26 Å². The van der Waals surface area contributed by atoms with Crippen molar-refractivity contribution in [2.24, 2.45) is 0 Å². The summed E-state index contributed by atoms with van der Waals surface area (Å²) in [5.41, 5.74) is -1.25. The average Bonchev–Trinajstić information content (AvgIpc) is 2.26. The van der Waals surface area contributed by atoms with Crippen LogP contribution in [0.25, 0.3) is 0 Å². The van der Waals surface area contributed by atoms with Gasteiger partial charge in [0.15, 0.2) is 0 Å². The summed E-state index contributed by atoms with van der Waals surface area (Å²) < 4.78 is 0. The molecule has 0 aliphatic heterocycles. The number of Topliss-reactive ketones (excluding diaryl/α,β-unsaturated/α-hetero) is 1. The molecule has 0 amide bonds. The number of hydrogen-bond acceptors (Lipinski definition) is 5. The van der Waals surface area contributed by atoms with Crippen molar-refractivity contribution in [2.75, 3.05) is 0 Å². The summed E-state index contributed by atoms with van der Waals surface area (Å²) in [7, 11) is 0. The van der Waals surface area contributed by atoms with E-state index in [9.17, 15) is 19.7 Å². The fourth-order valence-electron chi connectivity index (χ4n) is 1.06. The van der Waals surface area contributed by atoms with Gasteiger partial charge in [0.05, 0.1) is 16.6 Å². The molecule has 0 saturated heterocycles. The van der Waals surface area contributed by atoms with E-state index in [-0.39, 0.29) is 5.56 Å². The predicted octanol–water partition coefficient (Wildman–Crippen LogP) is 0.734. The van der Waals surface area contributed by atoms with Gasteiger partial charge in [-0.1, -0.05) is 0 Å². The van der Waals surface area contributed by atoms with Crippen molar-refractivity contribution in [3.05, 3.63) is 39.4 Å². The zero-order chi connectivity index (χ0) is 12.3. The highest BCUT2D eigenvalue weighted by Crippen LogP contribution is 2.20. The molecule has 80 valence electrons. The molecular weight excluding hydrogens is 216 g/mol. The Morgan fingerprint density at radius 1 is 1.44 bits per heavy atom. The first kappa shape index (κ1) is 11.3. The van der Waals surface area contributed by atoms with Gasteiger partial charge in [-0.3, -0.25) is 14.9 Å². The summed E-state index contributed by atoms with van der Waals surface area (Å²) in [6, 6.07) is 4.61. The molecule has 0 aromatic heterocycles. The highest BCUT2D eigenvalue weighted by atomic mass is 16.6. The van der Waals surface area contributed by atoms with Gasteiger partial charge in [0, 0.05) is 6.07 Å². The number of nitro groups is 1. The van der Waals surface area contributed by atoms with Crippen molar-refractivity contribution in [1.82, 2.24) is 0 Å². The van der Waals surface area contributed by atoms with E-state index in [1.807, 2.05) is 0 Å². The molecule has 0 heterocycles. The quantitative estimate of drug-likeness (QED) is 0.347. The normalized spacial score (nSPS) is 9.19. The van der Waals surface area contributed by atoms with E-state index in [0.29, 0.717) is 0 Å². The average molecular weight is 220 g/mol. The first-order chi connectivity index (χ1) is 7.47. The highest BCUT2D eigenvalue weighted by Gasteiger charge is 2.25. The van der Waals surface area contributed by atoms with E-state index < -0.39 is 27.9 Å². The van der Waals surface area contributed by atoms with Crippen LogP contribution in [0.2, 0.25) is 0 Å². The third-order valence-corrected chi connectivity index (χ3v) is 1.76. The molecule has 1 aromatic rings. The molecule has 0 fully saturated rings. The molecule has 16 heavy (non-hydrogen) atoms. The number of nitriles is 1. The number of hydrogen-bond donors (Lipinski definition) is 1. The molecule has 0 saturated carbocycles. The summed E-state index contributed by atoms with van der Waals surface area (Å²) in [6.07, 6.45) is 0. The maximum atomic E-state index is 11.1. The molecule has 7 nitrogen and oxygen atoms in total. The van der Waals surface area contributed by atoms with Crippen LogP contribution in [0.3, 0.4) is 0 Å². The Hall–Kier alpha value is -2.75. The minimum Gasteiger partial charge on any atom is -0.475 e. The van der Waals surface area contributed by atoms with Crippen molar-refractivity contribution < 1.29 is 19.6 Å². The molecular formula is C9H4N2O5. The van der Waals surface area contributed by atoms with Gasteiger partial charge in [-0.05, 0) is 12.1 Å². The van der Waals surface area contributed by atoms with Crippen LogP contribution in [-0.4, -0.2) is 21.8 Å². The summed E-state index contributed by atoms with van der Waals surface area (Å²) in [4.78, 5) is 31.1. The second-order valence-electron chi connectivity index (χ2n) is 2.74. The molecule has 1 aromatic carbocycles. The number of ketones is 1. The number of nitrogens with zero attached hydrogens (tertiary/aromatic N) is 2. The van der Waals surface area contributed by atoms with Crippen LogP contribution in [0, 0.1) is 21.4 Å². The molecule has 0 atom stereocenters. The van der Waals surface area contributed by atoms with E-state index in [2.05, 4.69) is 0 Å². The largest absolute Gasteiger partial charge is 0.475 e. The van der Waals surface area contributed by atoms with Crippen molar-refractivity contribution in [3.8, 4) is 6.07 Å². The second-order valence-corrected chi connectivity index (χ2v) is 2.74. The summed E-state index contributed by atoms with van der Waals surface area (Å²) >= 11 is 0. The van der Waals surface area contributed by atoms with Crippen LogP contribution in [0.5, 0.6) is 0 Å². The molecule has 0 radical (unpaired) electrons. The lowest BCUT2D eigenvalue weighted by Crippen LogP contribution is -2.14. The number of carbonyl (C=O) groups excluding carboxylic acids is 1. The molecule has 7 heteroatoms. The van der Waals surface area contributed by atoms with Crippen LogP contribution < -0.4 is 0 Å². The maximum Gasteiger partial charge on any atom is 0.377 e. The van der Waals surface area contributed by atoms with Gasteiger partial charge in [-0.25, -0.2) is 4.79 Å². The number of benzene rings is 1. The van der Waals surface area contributed by atoms with E-state index in [0.717, 1.165) is 18.2 Å². The molecule has 0 aliphatic rings. The number of rotatable bonds is 3. The van der Waals surface area contributed by atoms with Gasteiger partial charge in [-0.15, -0.1) is 0 Å². The van der Waals surface area contributed by atoms with E-state index in [1.54, 1.807) is 6.07 Å². The van der Waals surface area contributed by atoms with Crippen molar-refractivity contribution >= 4 is 17.4 Å². The van der Waals surface area contributed by atoms with Gasteiger partial charge in [0.2, 0.25) is 0 Å². The van der Waals surface area contributed by atoms with Crippen LogP contribution in [0.1, 0.15) is 15.9 Å². The zero-order valence-electron chi connectivity index (χ0n) is 7.71. The van der Waals surface area contributed by atoms with Gasteiger partial charge in [0.25, 0.3) is 11.5 Å². The van der Waals surface area contributed by atoms with E-state index >= 15 is 0 Å². The number of nitro benzene ring substituents is 1. The van der Waals surface area contributed by atoms with E-state index in [4.69, 9.17) is 10.4 Å². The Balaban J connectivity index is 3.41. The fourth-order valence-corrected chi connectivity index (χ4v) is 1.06. The standard InChI is InChI=1S/C9H4N2O5/c10-4-5-1-2-6(8(12)9(13)14)7(3-5)11(15)16/h1-3H,(H,13,14). The van der Waals surface area contributed by atoms with Crippen molar-refractivity contribution in [3.63, 3.8) is 0 Å². The fraction of sp³-hybridized carbons (Fsp3) is 0. The van der Waals surface area contributed by atoms with Crippen LogP contribution >= 0.6 is 0 Å². The second kappa shape index (κ2) is 4.18. The number of carboxylic acids is 1. The Labute approximate surface area is 88.7 Å². The summed E-state index contributed by atoms with van der Waals surface area (Å²) in [6.45, 7) is 0. The zero-order valence-corrected chi connectivity index (χ0v) is 7.71. The Bertz CT molecular complexity index is 529. The number of carbonyl (C=O) groups is 2. The SMILES string of the molecule is N#Cc1ccc(C(=O)C(=O)O)c([N+](=O)[O-])c1. The van der Waals surface area contributed by atoms with Gasteiger partial charge in [0.1, 0.15) is 5.56 Å². The highest BCUT2D eigenvalue weighted by molar-refractivity contribution is 6.40. The first-order valence-electron chi connectivity index (χ1n) is 3.93. The minimum absolute atomic E-state index is 0.0198. The van der Waals surface area contributed by atoms with Crippen LogP contribution in [-0.2, 0) is 4.79 Å². The molecule has 0 spiro atoms. The molecule has 0 aliphatic carbocycles. The predicted molar refractivity (Wildman–Crippen MR) is 49.8 cm³/mol. The monoisotopic (exact) mass is 220 g/mol. The Morgan fingerprint density at radius 2 is 2.06 bits per heavy atom. The maximum absolute atomic E-state index is 11.1. The van der Waals surface area contributed by atoms with Crippen molar-refractivity contribution in [2.45, 2.75) is 0 Å². The Morgan fingerprint density at radius 3 is 2.50 bits per heavy atom. The topological polar surface area (TPSA) is 121 Å². The van der Waals surface area contributed by atoms with Gasteiger partial charge in [-0.2, -0.15) is 5.26 Å². The smallest absolute Gasteiger partial charge is 0.377 e. The molecule has 1 N–H and O–H groups in total. The lowest BCUT2D eigenvalue weighted by atomic mass is 10.1. The molecule has 0 unspecified atom stereocenters. The molecule has 1 rings (SSSR count). The summed E-state index contributed by atoms with van der Waals surface area (Å²) in [5, 5.41) is 27.5. The first-order valence-corrected chi connectivity index (χ1v) is 3.93. The lowest BCUT2D eigenvalue weighted by Gasteiger charge is -1.98. The Kier molecular flexibility index (Phi) is 2.96. The molecule has 0 bridgehead atoms. The van der Waals surface area contributed by atoms with Crippen LogP contribution in [0.15, 0.2) is 18.2 Å². The number of carboxylic acid groups (broad SMARTS) is 1. The summed E-state index contributed by atoms with van der Waals surface area (Å²) in [5.74, 6) is -3.16. The van der Waals surface area contributed by atoms with Gasteiger partial charge < -0.3 is 5.11 Å². The van der Waals surface area contributed by atoms with E-state index in [1.165, 1.54) is 0 Å². The number of aliphatic carboxylic acids is 1. The van der Waals surface area contributed by atoms with Gasteiger partial charge >= 0.3 is 5.97 Å². The lowest BCUT2D eigenvalue weighted by molar-refractivity contribution is -0.385. The third kappa shape index (κ3) is 2.01. The third-order valence-electron chi connectivity index (χ3n) is 1.76.